The Labute approximate surface area is 114 Å². The molecule has 0 aromatic carbocycles. The third kappa shape index (κ3) is 1.64. The SMILES string of the molecule is CCN1C(=O)c2cc(C)nn2C2(CCCCC2)N1C. The molecule has 19 heavy (non-hydrogen) atoms. The normalized spacial score (nSPS) is 22.9. The number of aryl methyl sites for hydroxylation is 1. The lowest BCUT2D eigenvalue weighted by Gasteiger charge is -2.52. The molecule has 0 atom stereocenters. The van der Waals surface area contributed by atoms with Crippen LogP contribution in [0.15, 0.2) is 6.07 Å². The summed E-state index contributed by atoms with van der Waals surface area (Å²) in [6.45, 7) is 4.70. The summed E-state index contributed by atoms with van der Waals surface area (Å²) in [6.07, 6.45) is 5.83. The van der Waals surface area contributed by atoms with E-state index in [-0.39, 0.29) is 11.6 Å². The zero-order valence-electron chi connectivity index (χ0n) is 12.0. The lowest BCUT2D eigenvalue weighted by Crippen LogP contribution is -2.63. The van der Waals surface area contributed by atoms with Gasteiger partial charge in [0.2, 0.25) is 0 Å². The quantitative estimate of drug-likeness (QED) is 0.778. The van der Waals surface area contributed by atoms with Crippen molar-refractivity contribution in [3.05, 3.63) is 17.5 Å². The first kappa shape index (κ1) is 12.7. The van der Waals surface area contributed by atoms with E-state index in [2.05, 4.69) is 10.1 Å². The van der Waals surface area contributed by atoms with Gasteiger partial charge >= 0.3 is 0 Å². The number of carbonyl (C=O) groups is 1. The minimum atomic E-state index is -0.133. The third-order valence-corrected chi connectivity index (χ3v) is 4.60. The number of nitrogens with zero attached hydrogens (tertiary/aromatic N) is 4. The highest BCUT2D eigenvalue weighted by Crippen LogP contribution is 2.41. The lowest BCUT2D eigenvalue weighted by atomic mass is 9.87. The Hall–Kier alpha value is -1.36. The number of hydrogen-bond donors (Lipinski definition) is 0. The number of fused-ring (bicyclic) bond motifs is 2. The average Bonchev–Trinajstić information content (AvgIpc) is 2.82. The van der Waals surface area contributed by atoms with Crippen molar-refractivity contribution < 1.29 is 4.79 Å². The molecule has 0 unspecified atom stereocenters. The molecule has 1 aliphatic heterocycles. The van der Waals surface area contributed by atoms with Gasteiger partial charge in [-0.15, -0.1) is 0 Å². The van der Waals surface area contributed by atoms with Crippen LogP contribution in [0.5, 0.6) is 0 Å². The van der Waals surface area contributed by atoms with Crippen LogP contribution in [0.4, 0.5) is 0 Å². The standard InChI is InChI=1S/C14H22N4O/c1-4-17-13(19)12-10-11(2)15-18(12)14(16(17)3)8-6-5-7-9-14/h10H,4-9H2,1-3H3. The largest absolute Gasteiger partial charge is 0.286 e. The van der Waals surface area contributed by atoms with Crippen molar-refractivity contribution in [2.45, 2.75) is 51.6 Å². The molecule has 0 bridgehead atoms. The average molecular weight is 262 g/mol. The molecule has 5 heteroatoms. The summed E-state index contributed by atoms with van der Waals surface area (Å²) < 4.78 is 2.00. The number of amides is 1. The van der Waals surface area contributed by atoms with Crippen molar-refractivity contribution in [3.8, 4) is 0 Å². The molecule has 1 spiro atoms. The van der Waals surface area contributed by atoms with Crippen LogP contribution >= 0.6 is 0 Å². The maximum Gasteiger partial charge on any atom is 0.286 e. The highest BCUT2D eigenvalue weighted by Gasteiger charge is 2.48. The summed E-state index contributed by atoms with van der Waals surface area (Å²) in [5.41, 5.74) is 1.55. The van der Waals surface area contributed by atoms with Gasteiger partial charge in [-0.1, -0.05) is 6.42 Å². The van der Waals surface area contributed by atoms with E-state index in [4.69, 9.17) is 0 Å². The van der Waals surface area contributed by atoms with Gasteiger partial charge in [0.05, 0.1) is 5.69 Å². The van der Waals surface area contributed by atoms with Crippen LogP contribution in [0.1, 0.15) is 55.2 Å². The summed E-state index contributed by atoms with van der Waals surface area (Å²) in [5.74, 6) is 0.0711. The van der Waals surface area contributed by atoms with Crippen molar-refractivity contribution in [1.82, 2.24) is 19.8 Å². The van der Waals surface area contributed by atoms with Gasteiger partial charge in [-0.05, 0) is 45.6 Å². The molecule has 1 fully saturated rings. The first-order chi connectivity index (χ1) is 9.10. The van der Waals surface area contributed by atoms with Crippen LogP contribution in [0, 0.1) is 6.92 Å². The van der Waals surface area contributed by atoms with Crippen molar-refractivity contribution in [2.24, 2.45) is 0 Å². The molecule has 2 heterocycles. The van der Waals surface area contributed by atoms with Gasteiger partial charge in [-0.2, -0.15) is 10.1 Å². The fourth-order valence-corrected chi connectivity index (χ4v) is 3.61. The molecular weight excluding hydrogens is 240 g/mol. The van der Waals surface area contributed by atoms with Gasteiger partial charge in [0.25, 0.3) is 5.91 Å². The van der Waals surface area contributed by atoms with E-state index in [0.29, 0.717) is 6.54 Å². The van der Waals surface area contributed by atoms with Crippen molar-refractivity contribution in [1.29, 1.82) is 0 Å². The van der Waals surface area contributed by atoms with E-state index in [1.54, 1.807) is 0 Å². The summed E-state index contributed by atoms with van der Waals surface area (Å²) in [4.78, 5) is 12.5. The molecule has 1 saturated carbocycles. The Morgan fingerprint density at radius 1 is 1.32 bits per heavy atom. The number of rotatable bonds is 1. The maximum absolute atomic E-state index is 12.5. The van der Waals surface area contributed by atoms with E-state index in [1.807, 2.05) is 36.7 Å². The zero-order chi connectivity index (χ0) is 13.6. The van der Waals surface area contributed by atoms with Gasteiger partial charge in [-0.3, -0.25) is 9.80 Å². The Bertz CT molecular complexity index is 502. The van der Waals surface area contributed by atoms with Crippen LogP contribution < -0.4 is 0 Å². The Morgan fingerprint density at radius 2 is 2.00 bits per heavy atom. The molecule has 1 aliphatic carbocycles. The van der Waals surface area contributed by atoms with Crippen LogP contribution in [-0.4, -0.2) is 39.3 Å². The molecular formula is C14H22N4O. The fourth-order valence-electron chi connectivity index (χ4n) is 3.61. The Balaban J connectivity index is 2.16. The van der Waals surface area contributed by atoms with Crippen LogP contribution in [-0.2, 0) is 5.66 Å². The summed E-state index contributed by atoms with van der Waals surface area (Å²) in [7, 11) is 2.03. The van der Waals surface area contributed by atoms with Gasteiger partial charge in [0, 0.05) is 13.6 Å². The maximum atomic E-state index is 12.5. The molecule has 5 nitrogen and oxygen atoms in total. The smallest absolute Gasteiger partial charge is 0.268 e. The second-order valence-corrected chi connectivity index (χ2v) is 5.67. The summed E-state index contributed by atoms with van der Waals surface area (Å²) >= 11 is 0. The fraction of sp³-hybridized carbons (Fsp3) is 0.714. The second-order valence-electron chi connectivity index (χ2n) is 5.67. The van der Waals surface area contributed by atoms with Crippen LogP contribution in [0.2, 0.25) is 0 Å². The minimum absolute atomic E-state index is 0.0711. The van der Waals surface area contributed by atoms with E-state index < -0.39 is 0 Å². The van der Waals surface area contributed by atoms with Gasteiger partial charge < -0.3 is 0 Å². The van der Waals surface area contributed by atoms with Crippen LogP contribution in [0.25, 0.3) is 0 Å². The third-order valence-electron chi connectivity index (χ3n) is 4.60. The first-order valence-corrected chi connectivity index (χ1v) is 7.23. The summed E-state index contributed by atoms with van der Waals surface area (Å²) in [5, 5.41) is 8.62. The Kier molecular flexibility index (Phi) is 2.89. The Morgan fingerprint density at radius 3 is 2.63 bits per heavy atom. The highest BCUT2D eigenvalue weighted by molar-refractivity contribution is 5.93. The monoisotopic (exact) mass is 262 g/mol. The minimum Gasteiger partial charge on any atom is -0.268 e. The molecule has 1 aromatic heterocycles. The first-order valence-electron chi connectivity index (χ1n) is 7.23. The number of carbonyl (C=O) groups excluding carboxylic acids is 1. The van der Waals surface area contributed by atoms with Crippen molar-refractivity contribution in [3.63, 3.8) is 0 Å². The van der Waals surface area contributed by atoms with Crippen molar-refractivity contribution >= 4 is 5.91 Å². The predicted octanol–water partition coefficient (Wildman–Crippen LogP) is 2.13. The van der Waals surface area contributed by atoms with Gasteiger partial charge in [0.15, 0.2) is 0 Å². The second kappa shape index (κ2) is 4.34. The topological polar surface area (TPSA) is 41.4 Å². The molecule has 1 aromatic rings. The van der Waals surface area contributed by atoms with E-state index in [9.17, 15) is 4.79 Å². The van der Waals surface area contributed by atoms with E-state index in [0.717, 1.165) is 24.2 Å². The number of hydrazine groups is 1. The molecule has 3 rings (SSSR count). The molecule has 104 valence electrons. The molecule has 0 N–H and O–H groups in total. The summed E-state index contributed by atoms with van der Waals surface area (Å²) in [6, 6.07) is 1.92. The van der Waals surface area contributed by atoms with Gasteiger partial charge in [-0.25, -0.2) is 4.68 Å². The lowest BCUT2D eigenvalue weighted by molar-refractivity contribution is -0.141. The molecule has 1 amide bonds. The number of hydrogen-bond acceptors (Lipinski definition) is 3. The van der Waals surface area contributed by atoms with Crippen LogP contribution in [0.3, 0.4) is 0 Å². The molecule has 0 radical (unpaired) electrons. The van der Waals surface area contributed by atoms with Crippen molar-refractivity contribution in [2.75, 3.05) is 13.6 Å². The zero-order valence-corrected chi connectivity index (χ0v) is 12.0. The van der Waals surface area contributed by atoms with Gasteiger partial charge in [0.1, 0.15) is 11.4 Å². The van der Waals surface area contributed by atoms with E-state index >= 15 is 0 Å². The predicted molar refractivity (Wildman–Crippen MR) is 72.5 cm³/mol. The number of aromatic nitrogens is 2. The van der Waals surface area contributed by atoms with E-state index in [1.165, 1.54) is 19.3 Å². The molecule has 0 saturated heterocycles. The molecule has 2 aliphatic rings. The highest BCUT2D eigenvalue weighted by atomic mass is 16.2.